The van der Waals surface area contributed by atoms with E-state index in [9.17, 15) is 10.1 Å². The number of rotatable bonds is 6. The Kier molecular flexibility index (Phi) is 6.91. The summed E-state index contributed by atoms with van der Waals surface area (Å²) in [6, 6.07) is 23.1. The number of para-hydroxylation sites is 1. The maximum Gasteiger partial charge on any atom is 0.266 e. The maximum atomic E-state index is 12.5. The first-order valence-corrected chi connectivity index (χ1v) is 9.46. The Hall–Kier alpha value is -3.26. The molecule has 0 aromatic heterocycles. The van der Waals surface area contributed by atoms with Crippen LogP contribution < -0.4 is 10.1 Å². The Balaban J connectivity index is 1.77. The summed E-state index contributed by atoms with van der Waals surface area (Å²) >= 11 is 11.9. The summed E-state index contributed by atoms with van der Waals surface area (Å²) < 4.78 is 5.88. The molecule has 0 aliphatic heterocycles. The molecule has 4 nitrogen and oxygen atoms in total. The highest BCUT2D eigenvalue weighted by molar-refractivity contribution is 6.31. The van der Waals surface area contributed by atoms with Crippen LogP contribution in [0, 0.1) is 11.3 Å². The fourth-order valence-corrected chi connectivity index (χ4v) is 2.89. The van der Waals surface area contributed by atoms with Crippen molar-refractivity contribution in [1.29, 1.82) is 5.26 Å². The van der Waals surface area contributed by atoms with Crippen LogP contribution in [0.5, 0.6) is 5.75 Å². The lowest BCUT2D eigenvalue weighted by Crippen LogP contribution is -2.13. The fourth-order valence-electron chi connectivity index (χ4n) is 2.55. The minimum Gasteiger partial charge on any atom is -0.488 e. The molecule has 0 heterocycles. The SMILES string of the molecule is N#C/C(=C\c1ccccc1OCc1cccc(Cl)c1)C(=O)Nc1ccc(Cl)cc1. The minimum absolute atomic E-state index is 0.0428. The molecule has 144 valence electrons. The van der Waals surface area contributed by atoms with E-state index in [2.05, 4.69) is 5.32 Å². The fraction of sp³-hybridized carbons (Fsp3) is 0.0435. The highest BCUT2D eigenvalue weighted by Gasteiger charge is 2.11. The predicted octanol–water partition coefficient (Wildman–Crippen LogP) is 6.12. The van der Waals surface area contributed by atoms with Crippen molar-refractivity contribution >= 4 is 40.9 Å². The van der Waals surface area contributed by atoms with Crippen molar-refractivity contribution in [1.82, 2.24) is 0 Å². The van der Waals surface area contributed by atoms with Crippen molar-refractivity contribution in [2.75, 3.05) is 5.32 Å². The van der Waals surface area contributed by atoms with Crippen molar-refractivity contribution in [2.24, 2.45) is 0 Å². The molecular formula is C23H16Cl2N2O2. The van der Waals surface area contributed by atoms with Crippen molar-refractivity contribution in [3.63, 3.8) is 0 Å². The van der Waals surface area contributed by atoms with Crippen molar-refractivity contribution in [2.45, 2.75) is 6.61 Å². The van der Waals surface area contributed by atoms with Crippen LogP contribution in [-0.4, -0.2) is 5.91 Å². The number of hydrogen-bond acceptors (Lipinski definition) is 3. The van der Waals surface area contributed by atoms with Gasteiger partial charge in [-0.05, 0) is 54.1 Å². The standard InChI is InChI=1S/C23H16Cl2N2O2/c24-19-8-10-21(11-9-19)27-23(28)18(14-26)13-17-5-1-2-7-22(17)29-15-16-4-3-6-20(25)12-16/h1-13H,15H2,(H,27,28)/b18-13+. The molecule has 0 spiro atoms. The van der Waals surface area contributed by atoms with Gasteiger partial charge < -0.3 is 10.1 Å². The summed E-state index contributed by atoms with van der Waals surface area (Å²) in [6.07, 6.45) is 1.50. The number of carbonyl (C=O) groups is 1. The van der Waals surface area contributed by atoms with E-state index in [1.165, 1.54) is 6.08 Å². The molecule has 1 N–H and O–H groups in total. The van der Waals surface area contributed by atoms with Crippen LogP contribution in [0.4, 0.5) is 5.69 Å². The number of nitrogens with one attached hydrogen (secondary N) is 1. The first-order chi connectivity index (χ1) is 14.0. The number of anilines is 1. The van der Waals surface area contributed by atoms with Gasteiger partial charge in [-0.1, -0.05) is 53.5 Å². The third kappa shape index (κ3) is 5.86. The first-order valence-electron chi connectivity index (χ1n) is 8.70. The van der Waals surface area contributed by atoms with Gasteiger partial charge in [0.25, 0.3) is 5.91 Å². The van der Waals surface area contributed by atoms with Crippen LogP contribution in [0.1, 0.15) is 11.1 Å². The number of nitrogens with zero attached hydrogens (tertiary/aromatic N) is 1. The summed E-state index contributed by atoms with van der Waals surface area (Å²) in [4.78, 5) is 12.5. The number of nitriles is 1. The molecule has 3 aromatic rings. The topological polar surface area (TPSA) is 62.1 Å². The van der Waals surface area contributed by atoms with Gasteiger partial charge in [0.05, 0.1) is 0 Å². The van der Waals surface area contributed by atoms with E-state index in [-0.39, 0.29) is 5.57 Å². The lowest BCUT2D eigenvalue weighted by atomic mass is 10.1. The summed E-state index contributed by atoms with van der Waals surface area (Å²) in [7, 11) is 0. The van der Waals surface area contributed by atoms with Gasteiger partial charge >= 0.3 is 0 Å². The first kappa shape index (κ1) is 20.5. The summed E-state index contributed by atoms with van der Waals surface area (Å²) in [5.74, 6) is 0.0407. The molecule has 0 saturated heterocycles. The molecule has 0 aliphatic carbocycles. The predicted molar refractivity (Wildman–Crippen MR) is 116 cm³/mol. The molecule has 0 bridgehead atoms. The maximum absolute atomic E-state index is 12.5. The number of amides is 1. The zero-order chi connectivity index (χ0) is 20.6. The quantitative estimate of drug-likeness (QED) is 0.384. The molecule has 0 saturated carbocycles. The van der Waals surface area contributed by atoms with Crippen LogP contribution in [0.2, 0.25) is 10.0 Å². The Morgan fingerprint density at radius 2 is 1.76 bits per heavy atom. The van der Waals surface area contributed by atoms with Gasteiger partial charge in [0.1, 0.15) is 24.0 Å². The monoisotopic (exact) mass is 422 g/mol. The molecule has 0 fully saturated rings. The average Bonchev–Trinajstić information content (AvgIpc) is 2.73. The lowest BCUT2D eigenvalue weighted by molar-refractivity contribution is -0.112. The molecule has 1 amide bonds. The molecule has 0 atom stereocenters. The van der Waals surface area contributed by atoms with Gasteiger partial charge in [-0.3, -0.25) is 4.79 Å². The number of ether oxygens (including phenoxy) is 1. The number of hydrogen-bond donors (Lipinski definition) is 1. The van der Waals surface area contributed by atoms with Crippen molar-refractivity contribution in [3.05, 3.63) is 99.5 Å². The second-order valence-corrected chi connectivity index (χ2v) is 6.96. The average molecular weight is 423 g/mol. The largest absolute Gasteiger partial charge is 0.488 e. The van der Waals surface area contributed by atoms with Crippen LogP contribution in [0.15, 0.2) is 78.4 Å². The smallest absolute Gasteiger partial charge is 0.266 e. The molecule has 0 unspecified atom stereocenters. The Labute approximate surface area is 179 Å². The molecule has 6 heteroatoms. The molecule has 0 aliphatic rings. The van der Waals surface area contributed by atoms with Crippen LogP contribution >= 0.6 is 23.2 Å². The third-order valence-corrected chi connectivity index (χ3v) is 4.46. The van der Waals surface area contributed by atoms with Gasteiger partial charge in [-0.25, -0.2) is 0 Å². The van der Waals surface area contributed by atoms with E-state index in [0.29, 0.717) is 33.7 Å². The molecule has 29 heavy (non-hydrogen) atoms. The second-order valence-electron chi connectivity index (χ2n) is 6.09. The number of halogens is 2. The number of benzene rings is 3. The van der Waals surface area contributed by atoms with Crippen LogP contribution in [0.3, 0.4) is 0 Å². The Morgan fingerprint density at radius 3 is 2.48 bits per heavy atom. The highest BCUT2D eigenvalue weighted by Crippen LogP contribution is 2.23. The van der Waals surface area contributed by atoms with E-state index >= 15 is 0 Å². The van der Waals surface area contributed by atoms with E-state index in [4.69, 9.17) is 27.9 Å². The van der Waals surface area contributed by atoms with E-state index < -0.39 is 5.91 Å². The normalized spacial score (nSPS) is 10.9. The van der Waals surface area contributed by atoms with Gasteiger partial charge in [0.15, 0.2) is 0 Å². The molecular weight excluding hydrogens is 407 g/mol. The van der Waals surface area contributed by atoms with Gasteiger partial charge in [0.2, 0.25) is 0 Å². The van der Waals surface area contributed by atoms with E-state index in [1.54, 1.807) is 42.5 Å². The van der Waals surface area contributed by atoms with Gasteiger partial charge in [-0.15, -0.1) is 0 Å². The third-order valence-electron chi connectivity index (χ3n) is 3.97. The second kappa shape index (κ2) is 9.79. The van der Waals surface area contributed by atoms with Gasteiger partial charge in [-0.2, -0.15) is 5.26 Å². The lowest BCUT2D eigenvalue weighted by Gasteiger charge is -2.10. The molecule has 3 aromatic carbocycles. The summed E-state index contributed by atoms with van der Waals surface area (Å²) in [6.45, 7) is 0.310. The Bertz CT molecular complexity index is 1090. The van der Waals surface area contributed by atoms with Crippen molar-refractivity contribution in [3.8, 4) is 11.8 Å². The van der Waals surface area contributed by atoms with E-state index in [1.807, 2.05) is 36.4 Å². The highest BCUT2D eigenvalue weighted by atomic mass is 35.5. The van der Waals surface area contributed by atoms with Gasteiger partial charge in [0, 0.05) is 21.3 Å². The van der Waals surface area contributed by atoms with Crippen LogP contribution in [-0.2, 0) is 11.4 Å². The summed E-state index contributed by atoms with van der Waals surface area (Å²) in [5, 5.41) is 13.3. The molecule has 3 rings (SSSR count). The van der Waals surface area contributed by atoms with Crippen LogP contribution in [0.25, 0.3) is 6.08 Å². The summed E-state index contributed by atoms with van der Waals surface area (Å²) in [5.41, 5.74) is 2.04. The number of carbonyl (C=O) groups excluding carboxylic acids is 1. The van der Waals surface area contributed by atoms with E-state index in [0.717, 1.165) is 5.56 Å². The minimum atomic E-state index is -0.514. The Morgan fingerprint density at radius 1 is 1.00 bits per heavy atom. The molecule has 0 radical (unpaired) electrons. The zero-order valence-corrected chi connectivity index (χ0v) is 16.7. The van der Waals surface area contributed by atoms with Crippen molar-refractivity contribution < 1.29 is 9.53 Å². The zero-order valence-electron chi connectivity index (χ0n) is 15.2.